The lowest BCUT2D eigenvalue weighted by Gasteiger charge is -2.22. The summed E-state index contributed by atoms with van der Waals surface area (Å²) in [5, 5.41) is 12.4. The van der Waals surface area contributed by atoms with Crippen molar-refractivity contribution in [1.82, 2.24) is 15.5 Å². The fourth-order valence-corrected chi connectivity index (χ4v) is 2.35. The third-order valence-electron chi connectivity index (χ3n) is 4.71. The summed E-state index contributed by atoms with van der Waals surface area (Å²) >= 11 is 0. The highest BCUT2D eigenvalue weighted by molar-refractivity contribution is 5.87. The Balaban J connectivity index is 0. The quantitative estimate of drug-likeness (QED) is 0.483. The number of hydrogen-bond acceptors (Lipinski definition) is 4. The summed E-state index contributed by atoms with van der Waals surface area (Å²) in [6, 6.07) is 1.47. The van der Waals surface area contributed by atoms with Gasteiger partial charge in [0, 0.05) is 13.1 Å². The molecule has 2 N–H and O–H groups in total. The van der Waals surface area contributed by atoms with Gasteiger partial charge in [-0.1, -0.05) is 47.6 Å². The molecule has 0 aromatic heterocycles. The first-order valence-corrected chi connectivity index (χ1v) is 10.4. The molecule has 1 rings (SSSR count). The van der Waals surface area contributed by atoms with Gasteiger partial charge in [-0.2, -0.15) is 18.4 Å². The topological polar surface area (TPSA) is 102 Å². The average molecular weight is 463 g/mol. The predicted molar refractivity (Wildman–Crippen MR) is 117 cm³/mol. The van der Waals surface area contributed by atoms with Crippen molar-refractivity contribution in [2.24, 2.45) is 17.3 Å². The van der Waals surface area contributed by atoms with Crippen LogP contribution in [0.3, 0.4) is 0 Å². The van der Waals surface area contributed by atoms with Crippen molar-refractivity contribution in [3.05, 3.63) is 11.6 Å². The molecule has 0 spiro atoms. The van der Waals surface area contributed by atoms with Crippen LogP contribution >= 0.6 is 0 Å². The second-order valence-corrected chi connectivity index (χ2v) is 8.96. The van der Waals surface area contributed by atoms with Crippen LogP contribution in [0.1, 0.15) is 55.4 Å². The number of amides is 3. The van der Waals surface area contributed by atoms with Crippen LogP contribution in [0.2, 0.25) is 0 Å². The van der Waals surface area contributed by atoms with E-state index in [9.17, 15) is 27.6 Å². The molecule has 0 radical (unpaired) electrons. The average Bonchev–Trinajstić information content (AvgIpc) is 2.95. The van der Waals surface area contributed by atoms with Crippen molar-refractivity contribution in [3.63, 3.8) is 0 Å². The Bertz CT molecular complexity index is 680. The van der Waals surface area contributed by atoms with Crippen LogP contribution < -0.4 is 10.6 Å². The molecule has 1 aliphatic rings. The molecule has 0 bridgehead atoms. The molecule has 7 nitrogen and oxygen atoms in total. The summed E-state index contributed by atoms with van der Waals surface area (Å²) in [6.07, 6.45) is -2.62. The van der Waals surface area contributed by atoms with E-state index in [0.717, 1.165) is 11.5 Å². The SMILES string of the molecule is C/C=C(\C)C(C#N)NC=O.CC(C)C.CC1CN(C(=O)CNC(=O)C(F)(F)F)CC1(C)C. The molecule has 2 unspecified atom stereocenters. The third-order valence-corrected chi connectivity index (χ3v) is 4.71. The Hall–Kier alpha value is -2.57. The van der Waals surface area contributed by atoms with E-state index in [-0.39, 0.29) is 11.3 Å². The lowest BCUT2D eigenvalue weighted by atomic mass is 9.84. The maximum absolute atomic E-state index is 11.9. The first-order valence-electron chi connectivity index (χ1n) is 10.4. The molecule has 10 heteroatoms. The van der Waals surface area contributed by atoms with Crippen LogP contribution in [0.5, 0.6) is 0 Å². The molecular weight excluding hydrogens is 425 g/mol. The number of likely N-dealkylation sites (tertiary alicyclic amines) is 1. The molecule has 32 heavy (non-hydrogen) atoms. The summed E-state index contributed by atoms with van der Waals surface area (Å²) in [5.41, 5.74) is 0.804. The number of allylic oxidation sites excluding steroid dienone is 1. The second-order valence-electron chi connectivity index (χ2n) is 8.96. The maximum atomic E-state index is 11.9. The van der Waals surface area contributed by atoms with E-state index in [1.165, 1.54) is 4.90 Å². The first-order chi connectivity index (χ1) is 14.5. The minimum atomic E-state index is -4.95. The molecule has 0 aromatic rings. The molecule has 1 saturated heterocycles. The summed E-state index contributed by atoms with van der Waals surface area (Å²) in [4.78, 5) is 33.6. The number of carbonyl (C=O) groups is 3. The molecule has 3 amide bonds. The molecule has 1 fully saturated rings. The highest BCUT2D eigenvalue weighted by Crippen LogP contribution is 2.34. The molecule has 0 aliphatic carbocycles. The van der Waals surface area contributed by atoms with E-state index in [1.54, 1.807) is 18.3 Å². The van der Waals surface area contributed by atoms with Crippen molar-refractivity contribution < 1.29 is 27.6 Å². The van der Waals surface area contributed by atoms with Gasteiger partial charge in [0.1, 0.15) is 6.04 Å². The fraction of sp³-hybridized carbons (Fsp3) is 0.727. The van der Waals surface area contributed by atoms with Gasteiger partial charge in [-0.05, 0) is 36.7 Å². The Morgan fingerprint density at radius 2 is 1.78 bits per heavy atom. The summed E-state index contributed by atoms with van der Waals surface area (Å²) in [5.74, 6) is -1.45. The van der Waals surface area contributed by atoms with Crippen molar-refractivity contribution >= 4 is 18.2 Å². The predicted octanol–water partition coefficient (Wildman–Crippen LogP) is 3.42. The van der Waals surface area contributed by atoms with Gasteiger partial charge < -0.3 is 15.5 Å². The number of nitriles is 1. The number of nitrogens with zero attached hydrogens (tertiary/aromatic N) is 2. The Kier molecular flexibility index (Phi) is 14.3. The zero-order valence-corrected chi connectivity index (χ0v) is 20.3. The van der Waals surface area contributed by atoms with Gasteiger partial charge in [0.25, 0.3) is 0 Å². The van der Waals surface area contributed by atoms with Crippen LogP contribution in [0, 0.1) is 28.6 Å². The van der Waals surface area contributed by atoms with Crippen LogP contribution in [0.4, 0.5) is 13.2 Å². The van der Waals surface area contributed by atoms with E-state index in [1.807, 2.05) is 33.8 Å². The molecule has 1 aliphatic heterocycles. The largest absolute Gasteiger partial charge is 0.471 e. The van der Waals surface area contributed by atoms with Gasteiger partial charge in [0.2, 0.25) is 12.3 Å². The number of carbonyl (C=O) groups excluding carboxylic acids is 3. The van der Waals surface area contributed by atoms with E-state index in [2.05, 4.69) is 26.1 Å². The van der Waals surface area contributed by atoms with E-state index >= 15 is 0 Å². The van der Waals surface area contributed by atoms with Gasteiger partial charge in [-0.3, -0.25) is 14.4 Å². The fourth-order valence-electron chi connectivity index (χ4n) is 2.35. The summed E-state index contributed by atoms with van der Waals surface area (Å²) in [6.45, 7) is 16.5. The normalized spacial score (nSPS) is 18.3. The number of rotatable bonds is 5. The number of nitrogens with one attached hydrogen (secondary N) is 2. The lowest BCUT2D eigenvalue weighted by molar-refractivity contribution is -0.174. The third kappa shape index (κ3) is 13.0. The molecule has 1 heterocycles. The standard InChI is InChI=1S/C11H17F3N2O2.C7H10N2O.C4H10/c1-7-5-16(6-10(7,2)3)8(17)4-15-9(18)11(12,13)14;1-3-6(2)7(4-8)9-5-10;1-4(2)3/h7H,4-6H2,1-3H3,(H,15,18);3,5,7H,1-2H3,(H,9,10);4H,1-3H3/b;6-3+;. The van der Waals surface area contributed by atoms with Crippen molar-refractivity contribution in [1.29, 1.82) is 5.26 Å². The monoisotopic (exact) mass is 462 g/mol. The van der Waals surface area contributed by atoms with Crippen LogP contribution in [-0.4, -0.2) is 55.0 Å². The number of alkyl halides is 3. The highest BCUT2D eigenvalue weighted by Gasteiger charge is 2.41. The second kappa shape index (κ2) is 14.5. The Morgan fingerprint density at radius 1 is 1.28 bits per heavy atom. The molecular formula is C22H37F3N4O3. The Labute approximate surface area is 189 Å². The number of hydrogen-bond donors (Lipinski definition) is 2. The lowest BCUT2D eigenvalue weighted by Crippen LogP contribution is -2.44. The van der Waals surface area contributed by atoms with Gasteiger partial charge in [0.05, 0.1) is 12.6 Å². The zero-order valence-electron chi connectivity index (χ0n) is 20.3. The van der Waals surface area contributed by atoms with E-state index in [4.69, 9.17) is 5.26 Å². The molecule has 2 atom stereocenters. The van der Waals surface area contributed by atoms with Crippen LogP contribution in [0.15, 0.2) is 11.6 Å². The maximum Gasteiger partial charge on any atom is 0.471 e. The molecule has 0 aromatic carbocycles. The summed E-state index contributed by atoms with van der Waals surface area (Å²) in [7, 11) is 0. The van der Waals surface area contributed by atoms with Gasteiger partial charge in [-0.25, -0.2) is 0 Å². The minimum absolute atomic E-state index is 0.0519. The zero-order chi connectivity index (χ0) is 25.7. The highest BCUT2D eigenvalue weighted by atomic mass is 19.4. The van der Waals surface area contributed by atoms with Crippen LogP contribution in [-0.2, 0) is 14.4 Å². The van der Waals surface area contributed by atoms with E-state index < -0.39 is 30.6 Å². The smallest absolute Gasteiger partial charge is 0.340 e. The molecule has 0 saturated carbocycles. The van der Waals surface area contributed by atoms with Crippen molar-refractivity contribution in [2.75, 3.05) is 19.6 Å². The number of halogens is 3. The Morgan fingerprint density at radius 3 is 2.09 bits per heavy atom. The van der Waals surface area contributed by atoms with Gasteiger partial charge in [0.15, 0.2) is 0 Å². The van der Waals surface area contributed by atoms with E-state index in [0.29, 0.717) is 19.5 Å². The van der Waals surface area contributed by atoms with Crippen LogP contribution in [0.25, 0.3) is 0 Å². The first kappa shape index (κ1) is 31.6. The van der Waals surface area contributed by atoms with Crippen molar-refractivity contribution in [2.45, 2.75) is 67.6 Å². The molecule has 184 valence electrons. The van der Waals surface area contributed by atoms with Crippen molar-refractivity contribution in [3.8, 4) is 6.07 Å². The van der Waals surface area contributed by atoms with Gasteiger partial charge in [-0.15, -0.1) is 0 Å². The summed E-state index contributed by atoms with van der Waals surface area (Å²) < 4.78 is 35.8. The van der Waals surface area contributed by atoms with Gasteiger partial charge >= 0.3 is 12.1 Å². The minimum Gasteiger partial charge on any atom is -0.340 e.